The molecule has 2 heterocycles. The molecule has 0 unspecified atom stereocenters. The van der Waals surface area contributed by atoms with Gasteiger partial charge in [0.2, 0.25) is 5.91 Å². The monoisotopic (exact) mass is 635 g/mol. The van der Waals surface area contributed by atoms with Crippen LogP contribution in [0.3, 0.4) is 0 Å². The number of carbonyl (C=O) groups is 4. The van der Waals surface area contributed by atoms with E-state index >= 15 is 0 Å². The highest BCUT2D eigenvalue weighted by molar-refractivity contribution is 14.1. The van der Waals surface area contributed by atoms with Crippen molar-refractivity contribution in [1.29, 1.82) is 0 Å². The van der Waals surface area contributed by atoms with E-state index in [1.54, 1.807) is 23.1 Å². The van der Waals surface area contributed by atoms with Gasteiger partial charge in [0.05, 0.1) is 15.6 Å². The Kier molecular flexibility index (Phi) is 8.75. The van der Waals surface area contributed by atoms with Crippen molar-refractivity contribution in [3.8, 4) is 11.5 Å². The van der Waals surface area contributed by atoms with Crippen LogP contribution in [0.25, 0.3) is 6.08 Å². The Labute approximate surface area is 232 Å². The number of benzene rings is 2. The lowest BCUT2D eigenvalue weighted by Crippen LogP contribution is -2.40. The van der Waals surface area contributed by atoms with Crippen molar-refractivity contribution in [3.05, 3.63) is 56.0 Å². The van der Waals surface area contributed by atoms with Gasteiger partial charge in [-0.2, -0.15) is 0 Å². The van der Waals surface area contributed by atoms with Crippen LogP contribution in [0.2, 0.25) is 0 Å². The number of methoxy groups -OCH3 is 1. The zero-order chi connectivity index (χ0) is 26.5. The van der Waals surface area contributed by atoms with Gasteiger partial charge in [0.25, 0.3) is 17.1 Å². The molecule has 0 atom stereocenters. The van der Waals surface area contributed by atoms with Crippen molar-refractivity contribution < 1.29 is 28.7 Å². The summed E-state index contributed by atoms with van der Waals surface area (Å²) in [5.74, 6) is -0.258. The number of ether oxygens (including phenoxy) is 2. The topological polar surface area (TPSA) is 105 Å². The Bertz CT molecular complexity index is 1260. The van der Waals surface area contributed by atoms with Crippen LogP contribution in [0.15, 0.2) is 41.3 Å². The highest BCUT2D eigenvalue weighted by atomic mass is 127. The predicted molar refractivity (Wildman–Crippen MR) is 150 cm³/mol. The molecule has 2 saturated heterocycles. The molecule has 1 N–H and O–H groups in total. The fraction of sp³-hybridized carbons (Fsp3) is 0.308. The summed E-state index contributed by atoms with van der Waals surface area (Å²) in [5, 5.41) is 2.31. The summed E-state index contributed by atoms with van der Waals surface area (Å²) in [6, 6.07) is 10.9. The molecule has 37 heavy (non-hydrogen) atoms. The van der Waals surface area contributed by atoms with Crippen LogP contribution < -0.4 is 14.8 Å². The van der Waals surface area contributed by atoms with Crippen LogP contribution in [0.1, 0.15) is 24.0 Å². The number of amides is 4. The van der Waals surface area contributed by atoms with Crippen LogP contribution >= 0.6 is 34.4 Å². The zero-order valence-electron chi connectivity index (χ0n) is 20.4. The third-order valence-electron chi connectivity index (χ3n) is 5.86. The number of likely N-dealkylation sites (tertiary alicyclic amines) is 1. The number of aryl methyl sites for hydroxylation is 1. The van der Waals surface area contributed by atoms with Crippen molar-refractivity contribution in [2.24, 2.45) is 0 Å². The summed E-state index contributed by atoms with van der Waals surface area (Å²) in [5.41, 5.74) is 2.38. The Balaban J connectivity index is 1.43. The summed E-state index contributed by atoms with van der Waals surface area (Å²) in [4.78, 5) is 53.0. The van der Waals surface area contributed by atoms with E-state index in [1.165, 1.54) is 7.11 Å². The van der Waals surface area contributed by atoms with Crippen LogP contribution in [0, 0.1) is 10.5 Å². The smallest absolute Gasteiger partial charge is 0.294 e. The second-order valence-corrected chi connectivity index (χ2v) is 10.7. The number of nitrogens with one attached hydrogen (secondary N) is 1. The summed E-state index contributed by atoms with van der Waals surface area (Å²) in [7, 11) is 1.48. The highest BCUT2D eigenvalue weighted by Crippen LogP contribution is 2.37. The van der Waals surface area contributed by atoms with Crippen molar-refractivity contribution in [2.75, 3.05) is 38.7 Å². The van der Waals surface area contributed by atoms with Gasteiger partial charge in [0.1, 0.15) is 6.54 Å². The number of nitrogens with zero attached hydrogens (tertiary/aromatic N) is 2. The molecule has 4 amide bonds. The van der Waals surface area contributed by atoms with Crippen LogP contribution in [0.5, 0.6) is 11.5 Å². The van der Waals surface area contributed by atoms with Crippen molar-refractivity contribution in [3.63, 3.8) is 0 Å². The largest absolute Gasteiger partial charge is 0.493 e. The quantitative estimate of drug-likeness (QED) is 0.341. The SMILES string of the molecule is COc1cc(/C=C2/SC(=O)N(CC(=O)N3CCCC3)C2=O)cc(I)c1OCC(=O)Nc1ccc(C)cc1. The molecule has 2 aromatic rings. The normalized spacial score (nSPS) is 16.5. The van der Waals surface area contributed by atoms with Gasteiger partial charge in [-0.1, -0.05) is 17.7 Å². The Hall–Kier alpha value is -3.06. The molecule has 2 aromatic carbocycles. The lowest BCUT2D eigenvalue weighted by Gasteiger charge is -2.18. The average Bonchev–Trinajstić information content (AvgIpc) is 3.49. The number of hydrogen-bond acceptors (Lipinski definition) is 7. The molecule has 0 saturated carbocycles. The van der Waals surface area contributed by atoms with Crippen LogP contribution in [-0.4, -0.2) is 66.1 Å². The summed E-state index contributed by atoms with van der Waals surface area (Å²) in [6.45, 7) is 2.81. The van der Waals surface area contributed by atoms with E-state index in [4.69, 9.17) is 9.47 Å². The van der Waals surface area contributed by atoms with Gasteiger partial charge in [0, 0.05) is 18.8 Å². The molecule has 0 spiro atoms. The molecule has 2 aliphatic heterocycles. The number of halogens is 1. The number of hydrogen-bond donors (Lipinski definition) is 1. The minimum atomic E-state index is -0.496. The summed E-state index contributed by atoms with van der Waals surface area (Å²) >= 11 is 2.86. The van der Waals surface area contributed by atoms with Crippen molar-refractivity contribution in [1.82, 2.24) is 9.80 Å². The summed E-state index contributed by atoms with van der Waals surface area (Å²) in [6.07, 6.45) is 3.46. The molecular weight excluding hydrogens is 609 g/mol. The maximum Gasteiger partial charge on any atom is 0.294 e. The van der Waals surface area contributed by atoms with Gasteiger partial charge in [-0.3, -0.25) is 24.1 Å². The molecule has 11 heteroatoms. The van der Waals surface area contributed by atoms with Gasteiger partial charge in [-0.05, 0) is 90.0 Å². The van der Waals surface area contributed by atoms with Gasteiger partial charge in [-0.15, -0.1) is 0 Å². The second-order valence-electron chi connectivity index (χ2n) is 8.59. The molecule has 194 valence electrons. The number of thioether (sulfide) groups is 1. The Morgan fingerprint density at radius 2 is 1.84 bits per heavy atom. The van der Waals surface area contributed by atoms with Gasteiger partial charge in [0.15, 0.2) is 18.1 Å². The predicted octanol–water partition coefficient (Wildman–Crippen LogP) is 4.28. The number of anilines is 1. The molecule has 4 rings (SSSR count). The van der Waals surface area contributed by atoms with Gasteiger partial charge in [-0.25, -0.2) is 0 Å². The molecule has 0 aliphatic carbocycles. The van der Waals surface area contributed by atoms with Crippen molar-refractivity contribution in [2.45, 2.75) is 19.8 Å². The van der Waals surface area contributed by atoms with E-state index in [9.17, 15) is 19.2 Å². The first-order chi connectivity index (χ1) is 17.7. The summed E-state index contributed by atoms with van der Waals surface area (Å²) < 4.78 is 11.9. The number of rotatable bonds is 8. The molecule has 9 nitrogen and oxygen atoms in total. The first-order valence-electron chi connectivity index (χ1n) is 11.6. The van der Waals surface area contributed by atoms with E-state index in [0.717, 1.165) is 35.1 Å². The molecular formula is C26H26IN3O6S. The molecule has 2 aliphatic rings. The fourth-order valence-electron chi connectivity index (χ4n) is 3.92. The average molecular weight is 635 g/mol. The lowest BCUT2D eigenvalue weighted by molar-refractivity contribution is -0.135. The lowest BCUT2D eigenvalue weighted by atomic mass is 10.2. The van der Waals surface area contributed by atoms with E-state index in [-0.39, 0.29) is 29.9 Å². The second kappa shape index (κ2) is 12.0. The van der Waals surface area contributed by atoms with E-state index in [2.05, 4.69) is 27.9 Å². The first kappa shape index (κ1) is 27.0. The fourth-order valence-corrected chi connectivity index (χ4v) is 5.54. The third-order valence-corrected chi connectivity index (χ3v) is 7.57. The zero-order valence-corrected chi connectivity index (χ0v) is 23.4. The number of imide groups is 1. The number of carbonyl (C=O) groups excluding carboxylic acids is 4. The van der Waals surface area contributed by atoms with Crippen LogP contribution in [0.4, 0.5) is 10.5 Å². The van der Waals surface area contributed by atoms with Crippen molar-refractivity contribution >= 4 is 69.1 Å². The standard InChI is InChI=1S/C26H26IN3O6S/c1-16-5-7-18(8-6-16)28-22(31)15-36-24-19(27)11-17(12-20(24)35-2)13-21-25(33)30(26(34)37-21)14-23(32)29-9-3-4-10-29/h5-8,11-13H,3-4,9-10,14-15H2,1-2H3,(H,28,31)/b21-13+. The highest BCUT2D eigenvalue weighted by Gasteiger charge is 2.37. The van der Waals surface area contributed by atoms with Gasteiger partial charge < -0.3 is 19.7 Å². The molecule has 0 bridgehead atoms. The van der Waals surface area contributed by atoms with E-state index in [0.29, 0.717) is 39.4 Å². The molecule has 0 radical (unpaired) electrons. The van der Waals surface area contributed by atoms with Gasteiger partial charge >= 0.3 is 0 Å². The minimum absolute atomic E-state index is 0.217. The maximum atomic E-state index is 12.9. The van der Waals surface area contributed by atoms with E-state index < -0.39 is 11.1 Å². The van der Waals surface area contributed by atoms with Crippen LogP contribution in [-0.2, 0) is 14.4 Å². The molecule has 0 aromatic heterocycles. The third kappa shape index (κ3) is 6.63. The minimum Gasteiger partial charge on any atom is -0.493 e. The first-order valence-corrected chi connectivity index (χ1v) is 13.5. The molecule has 2 fully saturated rings. The Morgan fingerprint density at radius 1 is 1.14 bits per heavy atom. The maximum absolute atomic E-state index is 12.9. The Morgan fingerprint density at radius 3 is 2.51 bits per heavy atom. The van der Waals surface area contributed by atoms with E-state index in [1.807, 2.05) is 31.2 Å².